The predicted molar refractivity (Wildman–Crippen MR) is 101 cm³/mol. The van der Waals surface area contributed by atoms with Crippen molar-refractivity contribution in [3.8, 4) is 5.88 Å². The SMILES string of the molecule is CCCC(OC)Oc1cc(C(F)(F)F)nc(=Nc2ccc(C(F)(F)F)cc2C(F)(F)F)n1CC. The summed E-state index contributed by atoms with van der Waals surface area (Å²) in [6, 6.07) is 1.14. The summed E-state index contributed by atoms with van der Waals surface area (Å²) >= 11 is 0. The van der Waals surface area contributed by atoms with E-state index >= 15 is 0 Å². The highest BCUT2D eigenvalue weighted by Crippen LogP contribution is 2.40. The molecule has 0 aliphatic rings. The lowest BCUT2D eigenvalue weighted by molar-refractivity contribution is -0.143. The third-order valence-corrected chi connectivity index (χ3v) is 4.48. The van der Waals surface area contributed by atoms with Crippen LogP contribution in [0, 0.1) is 0 Å². The lowest BCUT2D eigenvalue weighted by Crippen LogP contribution is -2.31. The van der Waals surface area contributed by atoms with Crippen molar-refractivity contribution in [2.75, 3.05) is 7.11 Å². The minimum absolute atomic E-state index is 0.135. The van der Waals surface area contributed by atoms with Gasteiger partial charge in [0.15, 0.2) is 5.69 Å². The summed E-state index contributed by atoms with van der Waals surface area (Å²) in [5.74, 6) is -0.440. The number of methoxy groups -OCH3 is 1. The zero-order valence-electron chi connectivity index (χ0n) is 18.1. The Hall–Kier alpha value is -2.77. The molecule has 1 aromatic heterocycles. The number of rotatable bonds is 7. The highest BCUT2D eigenvalue weighted by Gasteiger charge is 2.39. The molecule has 1 atom stereocenters. The normalized spacial score (nSPS) is 14.4. The largest absolute Gasteiger partial charge is 0.449 e. The second-order valence-electron chi connectivity index (χ2n) is 6.93. The monoisotopic (exact) mass is 505 g/mol. The van der Waals surface area contributed by atoms with Crippen LogP contribution in [0.4, 0.5) is 45.2 Å². The topological polar surface area (TPSA) is 48.6 Å². The number of halogens is 9. The van der Waals surface area contributed by atoms with Crippen LogP contribution in [-0.4, -0.2) is 23.0 Å². The summed E-state index contributed by atoms with van der Waals surface area (Å²) in [6.07, 6.45) is -15.5. The minimum atomic E-state index is -5.28. The van der Waals surface area contributed by atoms with Gasteiger partial charge >= 0.3 is 18.5 Å². The molecule has 5 nitrogen and oxygen atoms in total. The van der Waals surface area contributed by atoms with Gasteiger partial charge in [0.25, 0.3) is 0 Å². The highest BCUT2D eigenvalue weighted by molar-refractivity contribution is 5.50. The molecule has 0 bridgehead atoms. The van der Waals surface area contributed by atoms with Gasteiger partial charge in [-0.05, 0) is 25.1 Å². The Morgan fingerprint density at radius 3 is 2.06 bits per heavy atom. The molecule has 0 fully saturated rings. The molecule has 0 spiro atoms. The maximum absolute atomic E-state index is 13.5. The van der Waals surface area contributed by atoms with E-state index in [1.165, 1.54) is 14.0 Å². The van der Waals surface area contributed by atoms with Crippen LogP contribution < -0.4 is 10.4 Å². The lowest BCUT2D eigenvalue weighted by atomic mass is 10.1. The third kappa shape index (κ3) is 6.64. The maximum Gasteiger partial charge on any atom is 0.433 e. The van der Waals surface area contributed by atoms with Crippen molar-refractivity contribution in [3.05, 3.63) is 46.7 Å². The van der Waals surface area contributed by atoms with Gasteiger partial charge in [-0.2, -0.15) is 39.5 Å². The molecule has 2 aromatic rings. The zero-order valence-corrected chi connectivity index (χ0v) is 18.1. The molecule has 0 saturated heterocycles. The summed E-state index contributed by atoms with van der Waals surface area (Å²) in [5, 5.41) is 0. The quantitative estimate of drug-likeness (QED) is 0.326. The summed E-state index contributed by atoms with van der Waals surface area (Å²) in [5.41, 5.74) is -6.78. The van der Waals surface area contributed by atoms with E-state index in [0.29, 0.717) is 24.6 Å². The highest BCUT2D eigenvalue weighted by atomic mass is 19.4. The molecule has 1 heterocycles. The fourth-order valence-corrected chi connectivity index (χ4v) is 2.86. The smallest absolute Gasteiger partial charge is 0.433 e. The first-order chi connectivity index (χ1) is 15.6. The van der Waals surface area contributed by atoms with Gasteiger partial charge in [0, 0.05) is 26.1 Å². The van der Waals surface area contributed by atoms with E-state index in [-0.39, 0.29) is 19.0 Å². The zero-order chi connectivity index (χ0) is 25.9. The average Bonchev–Trinajstić information content (AvgIpc) is 2.71. The molecule has 14 heteroatoms. The second-order valence-corrected chi connectivity index (χ2v) is 6.93. The Morgan fingerprint density at radius 2 is 1.59 bits per heavy atom. The summed E-state index contributed by atoms with van der Waals surface area (Å²) < 4.78 is 131. The number of hydrogen-bond acceptors (Lipinski definition) is 4. The van der Waals surface area contributed by atoms with E-state index in [0.717, 1.165) is 4.57 Å². The van der Waals surface area contributed by atoms with Crippen LogP contribution >= 0.6 is 0 Å². The van der Waals surface area contributed by atoms with E-state index in [2.05, 4.69) is 9.98 Å². The van der Waals surface area contributed by atoms with Crippen LogP contribution in [0.3, 0.4) is 0 Å². The van der Waals surface area contributed by atoms with Crippen molar-refractivity contribution < 1.29 is 49.0 Å². The van der Waals surface area contributed by atoms with E-state index < -0.39 is 58.8 Å². The Bertz CT molecular complexity index is 1060. The molecule has 1 aromatic carbocycles. The molecule has 0 N–H and O–H groups in total. The fourth-order valence-electron chi connectivity index (χ4n) is 2.86. The fraction of sp³-hybridized carbons (Fsp3) is 0.500. The van der Waals surface area contributed by atoms with Crippen LogP contribution in [0.5, 0.6) is 5.88 Å². The molecular formula is C20H20F9N3O2. The second kappa shape index (κ2) is 10.2. The van der Waals surface area contributed by atoms with Crippen LogP contribution in [0.15, 0.2) is 29.3 Å². The van der Waals surface area contributed by atoms with Crippen molar-refractivity contribution in [1.82, 2.24) is 9.55 Å². The van der Waals surface area contributed by atoms with E-state index in [1.807, 2.05) is 0 Å². The van der Waals surface area contributed by atoms with Gasteiger partial charge in [-0.25, -0.2) is 9.98 Å². The number of aromatic nitrogens is 2. The molecule has 0 radical (unpaired) electrons. The van der Waals surface area contributed by atoms with Gasteiger partial charge in [0.2, 0.25) is 17.8 Å². The van der Waals surface area contributed by atoms with Crippen LogP contribution in [-0.2, 0) is 29.8 Å². The van der Waals surface area contributed by atoms with Gasteiger partial charge in [-0.1, -0.05) is 13.3 Å². The lowest BCUT2D eigenvalue weighted by Gasteiger charge is -2.21. The molecule has 1 unspecified atom stereocenters. The number of hydrogen-bond donors (Lipinski definition) is 0. The van der Waals surface area contributed by atoms with Crippen LogP contribution in [0.2, 0.25) is 0 Å². The number of nitrogens with zero attached hydrogens (tertiary/aromatic N) is 3. The first-order valence-electron chi connectivity index (χ1n) is 9.83. The van der Waals surface area contributed by atoms with Crippen molar-refractivity contribution >= 4 is 5.69 Å². The number of ether oxygens (including phenoxy) is 2. The molecule has 0 amide bonds. The first kappa shape index (κ1) is 27.5. The summed E-state index contributed by atoms with van der Waals surface area (Å²) in [6.45, 7) is 3.07. The molecule has 34 heavy (non-hydrogen) atoms. The Labute approximate surface area is 187 Å². The Morgan fingerprint density at radius 1 is 0.941 bits per heavy atom. The van der Waals surface area contributed by atoms with E-state index in [4.69, 9.17) is 9.47 Å². The van der Waals surface area contributed by atoms with E-state index in [1.54, 1.807) is 6.92 Å². The maximum atomic E-state index is 13.5. The molecule has 0 aliphatic carbocycles. The minimum Gasteiger partial charge on any atom is -0.449 e. The van der Waals surface area contributed by atoms with Crippen molar-refractivity contribution in [2.24, 2.45) is 4.99 Å². The Kier molecular flexibility index (Phi) is 8.27. The van der Waals surface area contributed by atoms with Crippen molar-refractivity contribution in [3.63, 3.8) is 0 Å². The van der Waals surface area contributed by atoms with Crippen molar-refractivity contribution in [1.29, 1.82) is 0 Å². The molecule has 0 aliphatic heterocycles. The van der Waals surface area contributed by atoms with Crippen LogP contribution in [0.25, 0.3) is 0 Å². The first-order valence-corrected chi connectivity index (χ1v) is 9.83. The predicted octanol–water partition coefficient (Wildman–Crippen LogP) is 6.34. The van der Waals surface area contributed by atoms with Crippen LogP contribution in [0.1, 0.15) is 43.5 Å². The van der Waals surface area contributed by atoms with E-state index in [9.17, 15) is 39.5 Å². The number of benzene rings is 1. The molecule has 190 valence electrons. The third-order valence-electron chi connectivity index (χ3n) is 4.48. The molecular weight excluding hydrogens is 485 g/mol. The average molecular weight is 505 g/mol. The van der Waals surface area contributed by atoms with Gasteiger partial charge in [0.05, 0.1) is 16.8 Å². The number of alkyl halides is 9. The summed E-state index contributed by atoms with van der Waals surface area (Å²) in [4.78, 5) is 6.86. The molecule has 2 rings (SSSR count). The van der Waals surface area contributed by atoms with Gasteiger partial charge in [-0.3, -0.25) is 4.57 Å². The molecule has 0 saturated carbocycles. The van der Waals surface area contributed by atoms with Gasteiger partial charge < -0.3 is 9.47 Å². The summed E-state index contributed by atoms with van der Waals surface area (Å²) in [7, 11) is 1.26. The Balaban J connectivity index is 2.84. The van der Waals surface area contributed by atoms with Gasteiger partial charge in [0.1, 0.15) is 0 Å². The standard InChI is InChI=1S/C20H20F9N3O2/c1-4-6-16(33-3)34-15-10-14(20(27,28)29)31-17(32(15)5-2)30-13-8-7-11(18(21,22)23)9-12(13)19(24,25)26/h7-10,16H,4-6H2,1-3H3. The van der Waals surface area contributed by atoms with Gasteiger partial charge in [-0.15, -0.1) is 0 Å². The van der Waals surface area contributed by atoms with Crippen molar-refractivity contribution in [2.45, 2.75) is 58.1 Å².